The van der Waals surface area contributed by atoms with Crippen LogP contribution in [0, 0.1) is 5.41 Å². The zero-order chi connectivity index (χ0) is 17.9. The summed E-state index contributed by atoms with van der Waals surface area (Å²) < 4.78 is 0. The van der Waals surface area contributed by atoms with Crippen molar-refractivity contribution in [2.45, 2.75) is 20.8 Å². The fraction of sp³-hybridized carbons (Fsp3) is 0.190. The minimum absolute atomic E-state index is 0.111. The van der Waals surface area contributed by atoms with E-state index in [-0.39, 0.29) is 5.78 Å². The third-order valence-electron chi connectivity index (χ3n) is 4.66. The van der Waals surface area contributed by atoms with Gasteiger partial charge in [-0.2, -0.15) is 0 Å². The van der Waals surface area contributed by atoms with Gasteiger partial charge in [-0.15, -0.1) is 0 Å². The average molecular weight is 331 g/mol. The highest BCUT2D eigenvalue weighted by molar-refractivity contribution is 6.34. The number of nitrogens with one attached hydrogen (secondary N) is 1. The molecule has 25 heavy (non-hydrogen) atoms. The lowest BCUT2D eigenvalue weighted by atomic mass is 9.79. The van der Waals surface area contributed by atoms with Crippen LogP contribution in [0.1, 0.15) is 51.8 Å². The fourth-order valence-electron chi connectivity index (χ4n) is 3.50. The molecule has 0 atom stereocenters. The fourth-order valence-corrected chi connectivity index (χ4v) is 3.50. The van der Waals surface area contributed by atoms with Gasteiger partial charge in [0.25, 0.3) is 11.8 Å². The molecule has 1 heterocycles. The van der Waals surface area contributed by atoms with Gasteiger partial charge >= 0.3 is 0 Å². The van der Waals surface area contributed by atoms with Crippen LogP contribution in [0.25, 0.3) is 21.5 Å². The maximum absolute atomic E-state index is 13.2. The predicted octanol–water partition coefficient (Wildman–Crippen LogP) is 4.11. The Kier molecular flexibility index (Phi) is 3.10. The lowest BCUT2D eigenvalue weighted by Gasteiger charge is -2.25. The van der Waals surface area contributed by atoms with Crippen molar-refractivity contribution in [3.63, 3.8) is 0 Å². The van der Waals surface area contributed by atoms with Crippen molar-refractivity contribution >= 4 is 39.1 Å². The van der Waals surface area contributed by atoms with E-state index in [1.807, 2.05) is 51.1 Å². The highest BCUT2D eigenvalue weighted by Gasteiger charge is 2.35. The summed E-state index contributed by atoms with van der Waals surface area (Å²) >= 11 is 0. The molecule has 1 aliphatic rings. The van der Waals surface area contributed by atoms with E-state index < -0.39 is 17.2 Å². The molecule has 0 fully saturated rings. The highest BCUT2D eigenvalue weighted by Crippen LogP contribution is 2.39. The molecule has 1 N–H and O–H groups in total. The molecule has 3 aromatic carbocycles. The topological polar surface area (TPSA) is 63.2 Å². The quantitative estimate of drug-likeness (QED) is 0.415. The summed E-state index contributed by atoms with van der Waals surface area (Å²) in [5.41, 5.74) is 0.488. The number of rotatable bonds is 1. The van der Waals surface area contributed by atoms with E-state index in [2.05, 4.69) is 5.32 Å². The summed E-state index contributed by atoms with van der Waals surface area (Å²) in [5, 5.41) is 5.38. The molecule has 124 valence electrons. The minimum atomic E-state index is -0.649. The Morgan fingerprint density at radius 2 is 1.48 bits per heavy atom. The monoisotopic (exact) mass is 331 g/mol. The van der Waals surface area contributed by atoms with Crippen molar-refractivity contribution in [2.24, 2.45) is 5.41 Å². The second-order valence-electron chi connectivity index (χ2n) is 7.39. The lowest BCUT2D eigenvalue weighted by molar-refractivity contribution is 0.0820. The summed E-state index contributed by atoms with van der Waals surface area (Å²) in [6, 6.07) is 12.9. The second kappa shape index (κ2) is 4.99. The molecule has 4 rings (SSSR count). The standard InChI is InChI=1S/C21H17NO3/c1-21(2,3)18(23)16-13-8-5-4-7-11(13)12-9-6-10-14-15(12)17(16)20(25)22-19(14)24/h4-10H,1-3H3,(H,22,24,25). The van der Waals surface area contributed by atoms with Crippen LogP contribution >= 0.6 is 0 Å². The van der Waals surface area contributed by atoms with Gasteiger partial charge in [0.05, 0.1) is 5.56 Å². The largest absolute Gasteiger partial charge is 0.294 e. The van der Waals surface area contributed by atoms with Gasteiger partial charge in [-0.3, -0.25) is 19.7 Å². The van der Waals surface area contributed by atoms with Crippen molar-refractivity contribution < 1.29 is 14.4 Å². The van der Waals surface area contributed by atoms with E-state index in [0.717, 1.165) is 16.2 Å². The third-order valence-corrected chi connectivity index (χ3v) is 4.66. The smallest absolute Gasteiger partial charge is 0.259 e. The molecule has 0 saturated heterocycles. The molecule has 2 amide bonds. The van der Waals surface area contributed by atoms with Crippen LogP contribution in [-0.2, 0) is 0 Å². The van der Waals surface area contributed by atoms with E-state index in [9.17, 15) is 14.4 Å². The van der Waals surface area contributed by atoms with Crippen LogP contribution in [0.2, 0.25) is 0 Å². The van der Waals surface area contributed by atoms with Gasteiger partial charge in [-0.1, -0.05) is 57.2 Å². The van der Waals surface area contributed by atoms with Crippen LogP contribution in [-0.4, -0.2) is 17.6 Å². The van der Waals surface area contributed by atoms with Crippen LogP contribution in [0.3, 0.4) is 0 Å². The second-order valence-corrected chi connectivity index (χ2v) is 7.39. The Morgan fingerprint density at radius 1 is 0.840 bits per heavy atom. The normalized spacial score (nSPS) is 14.0. The van der Waals surface area contributed by atoms with Crippen molar-refractivity contribution in [1.82, 2.24) is 5.32 Å². The first-order valence-electron chi connectivity index (χ1n) is 8.18. The number of ketones is 1. The van der Waals surface area contributed by atoms with Crippen LogP contribution in [0.5, 0.6) is 0 Å². The van der Waals surface area contributed by atoms with Gasteiger partial charge in [-0.25, -0.2) is 0 Å². The van der Waals surface area contributed by atoms with E-state index in [1.165, 1.54) is 0 Å². The number of hydrogen-bond acceptors (Lipinski definition) is 3. The van der Waals surface area contributed by atoms with Crippen LogP contribution in [0.4, 0.5) is 0 Å². The van der Waals surface area contributed by atoms with E-state index in [1.54, 1.807) is 12.1 Å². The number of amides is 2. The lowest BCUT2D eigenvalue weighted by Crippen LogP contribution is -2.37. The molecule has 4 nitrogen and oxygen atoms in total. The highest BCUT2D eigenvalue weighted by atomic mass is 16.2. The Morgan fingerprint density at radius 3 is 2.16 bits per heavy atom. The van der Waals surface area contributed by atoms with Gasteiger partial charge in [-0.05, 0) is 22.2 Å². The van der Waals surface area contributed by atoms with E-state index in [4.69, 9.17) is 0 Å². The van der Waals surface area contributed by atoms with Gasteiger partial charge in [0.15, 0.2) is 5.78 Å². The van der Waals surface area contributed by atoms with Gasteiger partial charge in [0, 0.05) is 21.9 Å². The van der Waals surface area contributed by atoms with Crippen molar-refractivity contribution in [3.8, 4) is 0 Å². The summed E-state index contributed by atoms with van der Waals surface area (Å²) in [5.74, 6) is -1.04. The van der Waals surface area contributed by atoms with E-state index in [0.29, 0.717) is 22.1 Å². The number of carbonyl (C=O) groups is 3. The summed E-state index contributed by atoms with van der Waals surface area (Å²) in [7, 11) is 0. The number of imide groups is 1. The van der Waals surface area contributed by atoms with Crippen molar-refractivity contribution in [2.75, 3.05) is 0 Å². The van der Waals surface area contributed by atoms with Crippen LogP contribution < -0.4 is 5.32 Å². The summed E-state index contributed by atoms with van der Waals surface area (Å²) in [6.45, 7) is 5.50. The molecule has 4 heteroatoms. The molecule has 0 aromatic heterocycles. The van der Waals surface area contributed by atoms with Crippen molar-refractivity contribution in [1.29, 1.82) is 0 Å². The summed E-state index contributed by atoms with van der Waals surface area (Å²) in [6.07, 6.45) is 0. The Labute approximate surface area is 144 Å². The van der Waals surface area contributed by atoms with E-state index >= 15 is 0 Å². The number of Topliss-reactive ketones (excluding diaryl/α,β-unsaturated/α-hetero) is 1. The van der Waals surface area contributed by atoms with Crippen LogP contribution in [0.15, 0.2) is 42.5 Å². The first-order valence-corrected chi connectivity index (χ1v) is 8.18. The molecule has 0 radical (unpaired) electrons. The van der Waals surface area contributed by atoms with Gasteiger partial charge < -0.3 is 0 Å². The van der Waals surface area contributed by atoms with Gasteiger partial charge in [0.2, 0.25) is 0 Å². The first kappa shape index (κ1) is 15.5. The molecular weight excluding hydrogens is 314 g/mol. The SMILES string of the molecule is CC(C)(C)C(=O)c1c2c3c(cccc3c3ccccc13)C(=O)NC2=O. The maximum Gasteiger partial charge on any atom is 0.259 e. The molecule has 3 aromatic rings. The molecule has 0 aliphatic carbocycles. The molecule has 0 unspecified atom stereocenters. The number of hydrogen-bond donors (Lipinski definition) is 1. The first-order chi connectivity index (χ1) is 11.8. The summed E-state index contributed by atoms with van der Waals surface area (Å²) in [4.78, 5) is 38.2. The van der Waals surface area contributed by atoms with Gasteiger partial charge in [0.1, 0.15) is 0 Å². The number of carbonyl (C=O) groups excluding carboxylic acids is 3. The molecule has 1 aliphatic heterocycles. The molecule has 0 bridgehead atoms. The third kappa shape index (κ3) is 2.10. The Balaban J connectivity index is 2.32. The molecular formula is C21H17NO3. The molecule has 0 saturated carbocycles. The minimum Gasteiger partial charge on any atom is -0.294 e. The maximum atomic E-state index is 13.2. The van der Waals surface area contributed by atoms with Crippen molar-refractivity contribution in [3.05, 3.63) is 59.2 Å². The number of benzene rings is 3. The Bertz CT molecular complexity index is 1100. The zero-order valence-corrected chi connectivity index (χ0v) is 14.3. The average Bonchev–Trinajstić information content (AvgIpc) is 2.57. The Hall–Kier alpha value is -3.01. The molecule has 0 spiro atoms. The number of fused-ring (bicyclic) bond motifs is 2. The zero-order valence-electron chi connectivity index (χ0n) is 14.3. The predicted molar refractivity (Wildman–Crippen MR) is 97.0 cm³/mol.